The molecule has 0 fully saturated rings. The second-order valence-corrected chi connectivity index (χ2v) is 6.28. The number of azide groups is 1. The zero-order valence-corrected chi connectivity index (χ0v) is 14.4. The number of nitrogens with zero attached hydrogens (tertiary/aromatic N) is 5. The summed E-state index contributed by atoms with van der Waals surface area (Å²) >= 11 is 0. The molecule has 1 aromatic carbocycles. The third-order valence-electron chi connectivity index (χ3n) is 3.85. The Morgan fingerprint density at radius 2 is 2.04 bits per heavy atom. The topological polar surface area (TPSA) is 66.8 Å². The van der Waals surface area contributed by atoms with Gasteiger partial charge in [-0.05, 0) is 58.2 Å². The Morgan fingerprint density at radius 3 is 2.70 bits per heavy atom. The third kappa shape index (κ3) is 4.17. The molecule has 0 spiro atoms. The SMILES string of the molecule is CC(C)n1c[n+](C(C)C)c2cc(OCCCCN=[N+]=[N-])ccc21. The number of fused-ring (bicyclic) bond motifs is 1. The summed E-state index contributed by atoms with van der Waals surface area (Å²) in [5.74, 6) is 0.886. The van der Waals surface area contributed by atoms with Crippen molar-refractivity contribution >= 4 is 11.0 Å². The van der Waals surface area contributed by atoms with Crippen molar-refractivity contribution in [1.29, 1.82) is 0 Å². The van der Waals surface area contributed by atoms with Crippen LogP contribution in [-0.4, -0.2) is 17.7 Å². The molecule has 0 aliphatic rings. The van der Waals surface area contributed by atoms with Crippen LogP contribution < -0.4 is 9.30 Å². The van der Waals surface area contributed by atoms with Gasteiger partial charge in [0.2, 0.25) is 6.33 Å². The zero-order chi connectivity index (χ0) is 16.8. The van der Waals surface area contributed by atoms with Gasteiger partial charge in [-0.2, -0.15) is 0 Å². The maximum Gasteiger partial charge on any atom is 0.245 e. The molecule has 2 rings (SSSR count). The van der Waals surface area contributed by atoms with E-state index >= 15 is 0 Å². The van der Waals surface area contributed by atoms with Gasteiger partial charge in [-0.15, -0.1) is 0 Å². The van der Waals surface area contributed by atoms with E-state index in [1.165, 1.54) is 11.0 Å². The molecule has 124 valence electrons. The molecule has 0 N–H and O–H groups in total. The van der Waals surface area contributed by atoms with E-state index in [0.717, 1.165) is 18.6 Å². The van der Waals surface area contributed by atoms with Gasteiger partial charge < -0.3 is 4.74 Å². The van der Waals surface area contributed by atoms with E-state index in [4.69, 9.17) is 10.3 Å². The lowest BCUT2D eigenvalue weighted by Crippen LogP contribution is -2.34. The fourth-order valence-corrected chi connectivity index (χ4v) is 2.62. The average Bonchev–Trinajstić information content (AvgIpc) is 2.90. The van der Waals surface area contributed by atoms with Gasteiger partial charge in [0.1, 0.15) is 5.75 Å². The monoisotopic (exact) mass is 316 g/mol. The highest BCUT2D eigenvalue weighted by Gasteiger charge is 2.20. The average molecular weight is 316 g/mol. The molecule has 0 bridgehead atoms. The van der Waals surface area contributed by atoms with Crippen LogP contribution in [0.2, 0.25) is 0 Å². The molecule has 0 atom stereocenters. The molecule has 0 saturated carbocycles. The standard InChI is InChI=1S/C17H26N5O/c1-13(2)21-12-22(14(3)4)17-11-15(7-8-16(17)21)23-10-6-5-9-19-20-18/h7-8,11-14H,5-6,9-10H2,1-4H3/q+1. The highest BCUT2D eigenvalue weighted by molar-refractivity contribution is 5.74. The molecular weight excluding hydrogens is 290 g/mol. The first kappa shape index (κ1) is 17.2. The lowest BCUT2D eigenvalue weighted by atomic mass is 10.2. The number of hydrogen-bond acceptors (Lipinski definition) is 2. The van der Waals surface area contributed by atoms with Gasteiger partial charge >= 0.3 is 0 Å². The Bertz CT molecular complexity index is 698. The summed E-state index contributed by atoms with van der Waals surface area (Å²) in [6.07, 6.45) is 3.92. The van der Waals surface area contributed by atoms with E-state index in [2.05, 4.69) is 65.3 Å². The van der Waals surface area contributed by atoms with Gasteiger partial charge in [-0.3, -0.25) is 0 Å². The maximum atomic E-state index is 8.24. The zero-order valence-electron chi connectivity index (χ0n) is 14.4. The van der Waals surface area contributed by atoms with Crippen molar-refractivity contribution in [2.45, 2.75) is 52.6 Å². The number of unbranched alkanes of at least 4 members (excludes halogenated alkanes) is 1. The number of hydrogen-bond donors (Lipinski definition) is 0. The fourth-order valence-electron chi connectivity index (χ4n) is 2.62. The number of benzene rings is 1. The van der Waals surface area contributed by atoms with Crippen LogP contribution in [0.5, 0.6) is 5.75 Å². The molecule has 6 heteroatoms. The Labute approximate surface area is 137 Å². The second-order valence-electron chi connectivity index (χ2n) is 6.28. The molecule has 1 aromatic heterocycles. The number of rotatable bonds is 8. The summed E-state index contributed by atoms with van der Waals surface area (Å²) in [6.45, 7) is 9.93. The van der Waals surface area contributed by atoms with Crippen LogP contribution in [0.25, 0.3) is 21.5 Å². The molecule has 0 unspecified atom stereocenters. The largest absolute Gasteiger partial charge is 0.493 e. The highest BCUT2D eigenvalue weighted by Crippen LogP contribution is 2.23. The summed E-state index contributed by atoms with van der Waals surface area (Å²) < 4.78 is 10.4. The second kappa shape index (κ2) is 7.88. The van der Waals surface area contributed by atoms with Gasteiger partial charge in [0.25, 0.3) is 0 Å². The van der Waals surface area contributed by atoms with Crippen LogP contribution in [0.1, 0.15) is 52.6 Å². The van der Waals surface area contributed by atoms with Crippen molar-refractivity contribution in [2.75, 3.05) is 13.2 Å². The van der Waals surface area contributed by atoms with E-state index in [1.54, 1.807) is 0 Å². The van der Waals surface area contributed by atoms with Gasteiger partial charge in [0.15, 0.2) is 11.0 Å². The molecule has 0 aliphatic heterocycles. The summed E-state index contributed by atoms with van der Waals surface area (Å²) in [5.41, 5.74) is 10.7. The molecule has 1 heterocycles. The van der Waals surface area contributed by atoms with E-state index < -0.39 is 0 Å². The van der Waals surface area contributed by atoms with E-state index in [0.29, 0.717) is 25.2 Å². The lowest BCUT2D eigenvalue weighted by molar-refractivity contribution is -0.692. The van der Waals surface area contributed by atoms with Crippen LogP contribution in [0.4, 0.5) is 0 Å². The third-order valence-corrected chi connectivity index (χ3v) is 3.85. The molecular formula is C17H26N5O+. The predicted molar refractivity (Wildman–Crippen MR) is 91.6 cm³/mol. The van der Waals surface area contributed by atoms with Crippen LogP contribution >= 0.6 is 0 Å². The number of imidazole rings is 1. The number of aromatic nitrogens is 2. The summed E-state index contributed by atoms with van der Waals surface area (Å²) in [6, 6.07) is 7.09. The minimum atomic E-state index is 0.400. The molecule has 0 amide bonds. The first-order valence-electron chi connectivity index (χ1n) is 8.24. The van der Waals surface area contributed by atoms with Gasteiger partial charge in [-0.25, -0.2) is 9.13 Å². The predicted octanol–water partition coefficient (Wildman–Crippen LogP) is 4.56. The van der Waals surface area contributed by atoms with Gasteiger partial charge in [0.05, 0.1) is 18.7 Å². The van der Waals surface area contributed by atoms with Crippen molar-refractivity contribution in [1.82, 2.24) is 4.57 Å². The minimum Gasteiger partial charge on any atom is -0.493 e. The van der Waals surface area contributed by atoms with Crippen molar-refractivity contribution in [3.8, 4) is 5.75 Å². The summed E-state index contributed by atoms with van der Waals surface area (Å²) in [5, 5.41) is 3.53. The Kier molecular flexibility index (Phi) is 5.88. The van der Waals surface area contributed by atoms with Crippen molar-refractivity contribution in [2.24, 2.45) is 5.11 Å². The first-order valence-corrected chi connectivity index (χ1v) is 8.24. The smallest absolute Gasteiger partial charge is 0.245 e. The summed E-state index contributed by atoms with van der Waals surface area (Å²) in [4.78, 5) is 2.75. The Hall–Kier alpha value is -2.20. The molecule has 0 radical (unpaired) electrons. The van der Waals surface area contributed by atoms with Crippen LogP contribution in [0.15, 0.2) is 29.6 Å². The molecule has 0 saturated heterocycles. The Morgan fingerprint density at radius 1 is 1.26 bits per heavy atom. The lowest BCUT2D eigenvalue weighted by Gasteiger charge is -2.06. The van der Waals surface area contributed by atoms with Crippen molar-refractivity contribution < 1.29 is 9.30 Å². The molecule has 23 heavy (non-hydrogen) atoms. The van der Waals surface area contributed by atoms with Crippen LogP contribution in [-0.2, 0) is 0 Å². The summed E-state index contributed by atoms with van der Waals surface area (Å²) in [7, 11) is 0. The first-order chi connectivity index (χ1) is 11.0. The van der Waals surface area contributed by atoms with Crippen LogP contribution in [0, 0.1) is 0 Å². The van der Waals surface area contributed by atoms with Gasteiger partial charge in [-0.1, -0.05) is 5.11 Å². The van der Waals surface area contributed by atoms with Crippen LogP contribution in [0.3, 0.4) is 0 Å². The molecule has 2 aromatic rings. The minimum absolute atomic E-state index is 0.400. The van der Waals surface area contributed by atoms with Crippen molar-refractivity contribution in [3.05, 3.63) is 35.0 Å². The van der Waals surface area contributed by atoms with E-state index in [9.17, 15) is 0 Å². The fraction of sp³-hybridized carbons (Fsp3) is 0.588. The number of ether oxygens (including phenoxy) is 1. The normalized spacial score (nSPS) is 11.2. The molecule has 0 aliphatic carbocycles. The quantitative estimate of drug-likeness (QED) is 0.231. The molecule has 6 nitrogen and oxygen atoms in total. The van der Waals surface area contributed by atoms with E-state index in [-0.39, 0.29) is 0 Å². The Balaban J connectivity index is 2.14. The van der Waals surface area contributed by atoms with Gasteiger partial charge in [0, 0.05) is 17.5 Å². The van der Waals surface area contributed by atoms with Crippen molar-refractivity contribution in [3.63, 3.8) is 0 Å². The van der Waals surface area contributed by atoms with E-state index in [1.807, 2.05) is 6.07 Å². The highest BCUT2D eigenvalue weighted by atomic mass is 16.5. The maximum absolute atomic E-state index is 8.24.